The second-order valence-corrected chi connectivity index (χ2v) is 9.51. The van der Waals surface area contributed by atoms with Crippen LogP contribution in [0.2, 0.25) is 0 Å². The van der Waals surface area contributed by atoms with Crippen LogP contribution in [0, 0.1) is 0 Å². The molecule has 14 heavy (non-hydrogen) atoms. The van der Waals surface area contributed by atoms with Crippen molar-refractivity contribution in [3.8, 4) is 0 Å². The maximum absolute atomic E-state index is 12.1. The third-order valence-electron chi connectivity index (χ3n) is 3.39. The average molecular weight is 235 g/mol. The van der Waals surface area contributed by atoms with Gasteiger partial charge in [-0.25, -0.2) is 0 Å². The van der Waals surface area contributed by atoms with Crippen molar-refractivity contribution in [2.75, 3.05) is 37.8 Å². The molecule has 0 aromatic heterocycles. The Morgan fingerprint density at radius 1 is 1.36 bits per heavy atom. The van der Waals surface area contributed by atoms with Crippen molar-refractivity contribution < 1.29 is 4.57 Å². The minimum Gasteiger partial charge on any atom is -0.323 e. The molecular formula is C10H22NOPS. The Bertz CT molecular complexity index is 230. The first-order valence-corrected chi connectivity index (χ1v) is 8.79. The Balaban J connectivity index is 2.55. The maximum atomic E-state index is 12.1. The summed E-state index contributed by atoms with van der Waals surface area (Å²) in [6, 6.07) is 0. The zero-order valence-corrected chi connectivity index (χ0v) is 11.5. The Hall–Kier alpha value is 0.540. The normalized spacial score (nSPS) is 23.7. The molecule has 0 aromatic carbocycles. The Morgan fingerprint density at radius 2 is 1.86 bits per heavy atom. The largest absolute Gasteiger partial charge is 0.323 e. The Kier molecular flexibility index (Phi) is 4.13. The van der Waals surface area contributed by atoms with Gasteiger partial charge >= 0.3 is 0 Å². The third-order valence-corrected chi connectivity index (χ3v) is 7.83. The van der Waals surface area contributed by atoms with Crippen LogP contribution in [0.3, 0.4) is 0 Å². The van der Waals surface area contributed by atoms with Crippen molar-refractivity contribution in [1.29, 1.82) is 0 Å². The summed E-state index contributed by atoms with van der Waals surface area (Å²) in [5, 5.41) is 0. The van der Waals surface area contributed by atoms with E-state index < -0.39 is 7.14 Å². The first-order chi connectivity index (χ1) is 6.43. The van der Waals surface area contributed by atoms with Gasteiger partial charge in [0.25, 0.3) is 0 Å². The van der Waals surface area contributed by atoms with Gasteiger partial charge in [-0.3, -0.25) is 4.90 Å². The van der Waals surface area contributed by atoms with E-state index in [-0.39, 0.29) is 4.87 Å². The standard InChI is InChI=1S/C10H22NOPS/c1-5-13(12)8-6-11(7-9-13)10(2,3)14-4/h5-9H2,1-4H3. The molecule has 0 aliphatic carbocycles. The Labute approximate surface area is 92.2 Å². The lowest BCUT2D eigenvalue weighted by Gasteiger charge is -2.41. The second kappa shape index (κ2) is 4.59. The molecule has 84 valence electrons. The summed E-state index contributed by atoms with van der Waals surface area (Å²) in [6.07, 6.45) is 4.88. The minimum atomic E-state index is -1.76. The molecule has 0 aromatic rings. The van der Waals surface area contributed by atoms with Crippen LogP contribution >= 0.6 is 18.9 Å². The van der Waals surface area contributed by atoms with Crippen LogP contribution in [0.15, 0.2) is 0 Å². The highest BCUT2D eigenvalue weighted by atomic mass is 32.2. The van der Waals surface area contributed by atoms with Crippen LogP contribution in [0.1, 0.15) is 20.8 Å². The van der Waals surface area contributed by atoms with E-state index in [4.69, 9.17) is 0 Å². The lowest BCUT2D eigenvalue weighted by atomic mass is 10.3. The summed E-state index contributed by atoms with van der Waals surface area (Å²) in [6.45, 7) is 8.59. The molecule has 2 nitrogen and oxygen atoms in total. The van der Waals surface area contributed by atoms with Gasteiger partial charge in [-0.2, -0.15) is 0 Å². The zero-order valence-electron chi connectivity index (χ0n) is 9.75. The molecule has 1 rings (SSSR count). The third kappa shape index (κ3) is 2.77. The van der Waals surface area contributed by atoms with E-state index in [0.29, 0.717) is 0 Å². The minimum absolute atomic E-state index is 0.207. The quantitative estimate of drug-likeness (QED) is 0.702. The zero-order chi connectivity index (χ0) is 10.8. The van der Waals surface area contributed by atoms with E-state index >= 15 is 0 Å². The Morgan fingerprint density at radius 3 is 2.21 bits per heavy atom. The summed E-state index contributed by atoms with van der Waals surface area (Å²) in [7, 11) is -1.76. The van der Waals surface area contributed by atoms with Crippen LogP contribution in [0.5, 0.6) is 0 Å². The number of thioether (sulfide) groups is 1. The lowest BCUT2D eigenvalue weighted by Crippen LogP contribution is -2.47. The van der Waals surface area contributed by atoms with Gasteiger partial charge in [-0.05, 0) is 26.3 Å². The molecule has 4 heteroatoms. The lowest BCUT2D eigenvalue weighted by molar-refractivity contribution is 0.213. The number of hydrogen-bond acceptors (Lipinski definition) is 3. The van der Waals surface area contributed by atoms with Crippen molar-refractivity contribution in [2.45, 2.75) is 25.6 Å². The topological polar surface area (TPSA) is 20.3 Å². The predicted octanol–water partition coefficient (Wildman–Crippen LogP) is 2.78. The summed E-state index contributed by atoms with van der Waals surface area (Å²) in [5.74, 6) is 0. The summed E-state index contributed by atoms with van der Waals surface area (Å²) < 4.78 is 12.1. The van der Waals surface area contributed by atoms with Crippen molar-refractivity contribution in [3.05, 3.63) is 0 Å². The molecule has 0 unspecified atom stereocenters. The van der Waals surface area contributed by atoms with Gasteiger partial charge in [0, 0.05) is 25.4 Å². The fraction of sp³-hybridized carbons (Fsp3) is 1.00. The molecule has 0 atom stereocenters. The number of rotatable bonds is 3. The van der Waals surface area contributed by atoms with Crippen LogP contribution in [-0.4, -0.2) is 47.6 Å². The molecule has 1 saturated heterocycles. The molecule has 0 radical (unpaired) electrons. The van der Waals surface area contributed by atoms with Crippen LogP contribution in [0.4, 0.5) is 0 Å². The fourth-order valence-corrected chi connectivity index (χ4v) is 4.32. The first-order valence-electron chi connectivity index (χ1n) is 5.31. The second-order valence-electron chi connectivity index (χ2n) is 4.46. The fourth-order valence-electron chi connectivity index (χ4n) is 1.81. The summed E-state index contributed by atoms with van der Waals surface area (Å²) in [4.78, 5) is 2.67. The molecule has 1 fully saturated rings. The highest BCUT2D eigenvalue weighted by Crippen LogP contribution is 2.48. The smallest absolute Gasteiger partial charge is 0.0899 e. The molecule has 0 bridgehead atoms. The van der Waals surface area contributed by atoms with Crippen molar-refractivity contribution in [3.63, 3.8) is 0 Å². The summed E-state index contributed by atoms with van der Waals surface area (Å²) >= 11 is 1.88. The molecular weight excluding hydrogens is 213 g/mol. The van der Waals surface area contributed by atoms with Gasteiger partial charge in [0.1, 0.15) is 0 Å². The van der Waals surface area contributed by atoms with E-state index in [9.17, 15) is 4.57 Å². The maximum Gasteiger partial charge on any atom is 0.0899 e. The van der Waals surface area contributed by atoms with Gasteiger partial charge in [0.05, 0.1) is 12.0 Å². The number of nitrogens with zero attached hydrogens (tertiary/aromatic N) is 1. The molecule has 1 heterocycles. The van der Waals surface area contributed by atoms with Gasteiger partial charge in [0.15, 0.2) is 0 Å². The van der Waals surface area contributed by atoms with Crippen molar-refractivity contribution >= 4 is 18.9 Å². The van der Waals surface area contributed by atoms with E-state index in [1.165, 1.54) is 0 Å². The molecule has 0 spiro atoms. The molecule has 0 N–H and O–H groups in total. The van der Waals surface area contributed by atoms with E-state index in [0.717, 1.165) is 31.6 Å². The van der Waals surface area contributed by atoms with E-state index in [1.807, 2.05) is 11.8 Å². The molecule has 1 aliphatic rings. The van der Waals surface area contributed by atoms with Gasteiger partial charge in [-0.15, -0.1) is 11.8 Å². The molecule has 1 aliphatic heterocycles. The van der Waals surface area contributed by atoms with Gasteiger partial charge in [0.2, 0.25) is 0 Å². The monoisotopic (exact) mass is 235 g/mol. The van der Waals surface area contributed by atoms with Crippen molar-refractivity contribution in [2.24, 2.45) is 0 Å². The molecule has 0 saturated carbocycles. The number of hydrogen-bond donors (Lipinski definition) is 0. The molecule has 0 amide bonds. The average Bonchev–Trinajstić information content (AvgIpc) is 2.19. The highest BCUT2D eigenvalue weighted by Gasteiger charge is 2.33. The van der Waals surface area contributed by atoms with Crippen molar-refractivity contribution in [1.82, 2.24) is 4.90 Å². The van der Waals surface area contributed by atoms with Crippen LogP contribution < -0.4 is 0 Å². The van der Waals surface area contributed by atoms with Crippen LogP contribution in [-0.2, 0) is 4.57 Å². The van der Waals surface area contributed by atoms with Gasteiger partial charge in [-0.1, -0.05) is 6.92 Å². The first kappa shape index (κ1) is 12.6. The summed E-state index contributed by atoms with van der Waals surface area (Å²) in [5.41, 5.74) is 0. The van der Waals surface area contributed by atoms with E-state index in [1.54, 1.807) is 0 Å². The predicted molar refractivity (Wildman–Crippen MR) is 67.0 cm³/mol. The van der Waals surface area contributed by atoms with E-state index in [2.05, 4.69) is 31.9 Å². The van der Waals surface area contributed by atoms with Crippen LogP contribution in [0.25, 0.3) is 0 Å². The van der Waals surface area contributed by atoms with Gasteiger partial charge < -0.3 is 4.57 Å². The SMILES string of the molecule is CCP1(=O)CCN(C(C)(C)SC)CC1. The highest BCUT2D eigenvalue weighted by molar-refractivity contribution is 7.99.